The van der Waals surface area contributed by atoms with Crippen molar-refractivity contribution in [3.05, 3.63) is 0 Å². The quantitative estimate of drug-likeness (QED) is 0.603. The van der Waals surface area contributed by atoms with E-state index in [0.717, 1.165) is 25.6 Å². The zero-order valence-electron chi connectivity index (χ0n) is 6.18. The maximum Gasteiger partial charge on any atom is 0.0599 e. The van der Waals surface area contributed by atoms with Gasteiger partial charge in [0.15, 0.2) is 0 Å². The summed E-state index contributed by atoms with van der Waals surface area (Å²) in [4.78, 5) is 0. The summed E-state index contributed by atoms with van der Waals surface area (Å²) in [6.07, 6.45) is 0.455. The van der Waals surface area contributed by atoms with Crippen LogP contribution >= 0.6 is 0 Å². The van der Waals surface area contributed by atoms with Crippen LogP contribution in [0.25, 0.3) is 0 Å². The first-order chi connectivity index (χ1) is 4.34. The van der Waals surface area contributed by atoms with Gasteiger partial charge >= 0.3 is 0 Å². The first-order valence-electron chi connectivity index (χ1n) is 3.67. The van der Waals surface area contributed by atoms with Crippen molar-refractivity contribution in [3.63, 3.8) is 0 Å². The maximum atomic E-state index is 5.41. The molecule has 1 atom stereocenters. The van der Waals surface area contributed by atoms with E-state index in [4.69, 9.17) is 4.74 Å². The number of hydrogen-bond donors (Lipinski definition) is 1. The molecule has 0 bridgehead atoms. The molecule has 0 aromatic heterocycles. The highest BCUT2D eigenvalue weighted by Crippen LogP contribution is 2.11. The van der Waals surface area contributed by atoms with Crippen molar-refractivity contribution < 1.29 is 4.74 Å². The lowest BCUT2D eigenvalue weighted by molar-refractivity contribution is 0.0151. The molecule has 0 aliphatic carbocycles. The van der Waals surface area contributed by atoms with Gasteiger partial charge < -0.3 is 10.1 Å². The minimum atomic E-state index is 0.455. The van der Waals surface area contributed by atoms with Gasteiger partial charge in [-0.25, -0.2) is 0 Å². The smallest absolute Gasteiger partial charge is 0.0599 e. The van der Waals surface area contributed by atoms with Crippen LogP contribution in [0.3, 0.4) is 0 Å². The topological polar surface area (TPSA) is 21.3 Å². The summed E-state index contributed by atoms with van der Waals surface area (Å²) in [7, 11) is 0. The van der Waals surface area contributed by atoms with Crippen LogP contribution in [0.5, 0.6) is 0 Å². The van der Waals surface area contributed by atoms with Crippen LogP contribution < -0.4 is 5.32 Å². The molecule has 2 nitrogen and oxygen atoms in total. The van der Waals surface area contributed by atoms with Gasteiger partial charge in [-0.3, -0.25) is 0 Å². The van der Waals surface area contributed by atoms with Crippen LogP contribution in [-0.2, 0) is 4.74 Å². The molecule has 9 heavy (non-hydrogen) atoms. The van der Waals surface area contributed by atoms with E-state index in [9.17, 15) is 0 Å². The molecule has 0 radical (unpaired) electrons. The highest BCUT2D eigenvalue weighted by molar-refractivity contribution is 4.79. The van der Waals surface area contributed by atoms with E-state index in [0.29, 0.717) is 6.10 Å². The van der Waals surface area contributed by atoms with E-state index in [1.54, 1.807) is 0 Å². The predicted octanol–water partition coefficient (Wildman–Crippen LogP) is 0.631. The number of ether oxygens (including phenoxy) is 1. The van der Waals surface area contributed by atoms with Gasteiger partial charge in [-0.1, -0.05) is 0 Å². The van der Waals surface area contributed by atoms with Gasteiger partial charge in [-0.2, -0.15) is 0 Å². The van der Waals surface area contributed by atoms with Crippen molar-refractivity contribution in [3.8, 4) is 0 Å². The zero-order valence-corrected chi connectivity index (χ0v) is 6.18. The van der Waals surface area contributed by atoms with Gasteiger partial charge in [0.25, 0.3) is 0 Å². The molecule has 0 aromatic rings. The fourth-order valence-electron chi connectivity index (χ4n) is 1.04. The van der Waals surface area contributed by atoms with Crippen molar-refractivity contribution in [2.75, 3.05) is 19.7 Å². The van der Waals surface area contributed by atoms with E-state index in [2.05, 4.69) is 12.2 Å². The van der Waals surface area contributed by atoms with Gasteiger partial charge in [-0.15, -0.1) is 0 Å². The molecule has 1 aliphatic heterocycles. The van der Waals surface area contributed by atoms with Crippen molar-refractivity contribution in [1.82, 2.24) is 5.32 Å². The zero-order chi connectivity index (χ0) is 6.69. The first kappa shape index (κ1) is 7.03. The Hall–Kier alpha value is -0.0800. The van der Waals surface area contributed by atoms with Crippen LogP contribution in [0.1, 0.15) is 13.8 Å². The molecule has 1 fully saturated rings. The minimum absolute atomic E-state index is 0.455. The average molecular weight is 129 g/mol. The lowest BCUT2D eigenvalue weighted by Crippen LogP contribution is -2.48. The first-order valence-corrected chi connectivity index (χ1v) is 3.67. The second-order valence-electron chi connectivity index (χ2n) is 2.58. The number of nitrogens with one attached hydrogen (secondary N) is 1. The Morgan fingerprint density at radius 3 is 2.67 bits per heavy atom. The van der Waals surface area contributed by atoms with E-state index >= 15 is 0 Å². The Kier molecular flexibility index (Phi) is 2.49. The van der Waals surface area contributed by atoms with Crippen molar-refractivity contribution >= 4 is 0 Å². The number of rotatable bonds is 3. The Labute approximate surface area is 56.6 Å². The minimum Gasteiger partial charge on any atom is -0.378 e. The van der Waals surface area contributed by atoms with Gasteiger partial charge in [-0.05, 0) is 13.8 Å². The second-order valence-corrected chi connectivity index (χ2v) is 2.58. The summed E-state index contributed by atoms with van der Waals surface area (Å²) in [6.45, 7) is 7.32. The van der Waals surface area contributed by atoms with Crippen molar-refractivity contribution in [2.45, 2.75) is 20.0 Å². The molecule has 1 aliphatic rings. The highest BCUT2D eigenvalue weighted by Gasteiger charge is 2.23. The summed E-state index contributed by atoms with van der Waals surface area (Å²) >= 11 is 0. The fraction of sp³-hybridized carbons (Fsp3) is 1.00. The Bertz CT molecular complexity index is 81.0. The molecule has 0 amide bonds. The maximum absolute atomic E-state index is 5.41. The third kappa shape index (κ3) is 1.66. The van der Waals surface area contributed by atoms with Crippen LogP contribution in [0.15, 0.2) is 0 Å². The SMILES string of the molecule is CCOC(C)C1CNC1. The van der Waals surface area contributed by atoms with Gasteiger partial charge in [0.2, 0.25) is 0 Å². The number of hydrogen-bond acceptors (Lipinski definition) is 2. The van der Waals surface area contributed by atoms with E-state index in [1.807, 2.05) is 6.92 Å². The van der Waals surface area contributed by atoms with Gasteiger partial charge in [0.05, 0.1) is 6.10 Å². The van der Waals surface area contributed by atoms with E-state index in [1.165, 1.54) is 0 Å². The molecule has 1 unspecified atom stereocenters. The third-order valence-electron chi connectivity index (χ3n) is 1.91. The van der Waals surface area contributed by atoms with Crippen LogP contribution in [-0.4, -0.2) is 25.8 Å². The molecule has 1 heterocycles. The fourth-order valence-corrected chi connectivity index (χ4v) is 1.04. The van der Waals surface area contributed by atoms with Crippen LogP contribution in [0.2, 0.25) is 0 Å². The molecular formula is C7H15NO. The summed E-state index contributed by atoms with van der Waals surface area (Å²) < 4.78 is 5.41. The molecular weight excluding hydrogens is 114 g/mol. The van der Waals surface area contributed by atoms with Crippen molar-refractivity contribution in [1.29, 1.82) is 0 Å². The summed E-state index contributed by atoms with van der Waals surface area (Å²) in [5, 5.41) is 3.22. The van der Waals surface area contributed by atoms with Crippen molar-refractivity contribution in [2.24, 2.45) is 5.92 Å². The van der Waals surface area contributed by atoms with Gasteiger partial charge in [0.1, 0.15) is 0 Å². The molecule has 2 heteroatoms. The van der Waals surface area contributed by atoms with E-state index in [-0.39, 0.29) is 0 Å². The second kappa shape index (κ2) is 3.18. The Morgan fingerprint density at radius 2 is 2.33 bits per heavy atom. The molecule has 0 aromatic carbocycles. The lowest BCUT2D eigenvalue weighted by atomic mass is 9.98. The van der Waals surface area contributed by atoms with Crippen LogP contribution in [0.4, 0.5) is 0 Å². The molecule has 0 spiro atoms. The third-order valence-corrected chi connectivity index (χ3v) is 1.91. The lowest BCUT2D eigenvalue weighted by Gasteiger charge is -2.32. The average Bonchev–Trinajstić information content (AvgIpc) is 1.60. The Balaban J connectivity index is 2.08. The summed E-state index contributed by atoms with van der Waals surface area (Å²) in [6, 6.07) is 0. The van der Waals surface area contributed by atoms with E-state index < -0.39 is 0 Å². The summed E-state index contributed by atoms with van der Waals surface area (Å²) in [5.41, 5.74) is 0. The standard InChI is InChI=1S/C7H15NO/c1-3-9-6(2)7-4-8-5-7/h6-8H,3-5H2,1-2H3. The summed E-state index contributed by atoms with van der Waals surface area (Å²) in [5.74, 6) is 0.768. The molecule has 1 rings (SSSR count). The molecule has 1 saturated heterocycles. The molecule has 54 valence electrons. The molecule has 0 saturated carbocycles. The monoisotopic (exact) mass is 129 g/mol. The van der Waals surface area contributed by atoms with Crippen LogP contribution in [0, 0.1) is 5.92 Å². The largest absolute Gasteiger partial charge is 0.378 e. The molecule has 1 N–H and O–H groups in total. The predicted molar refractivity (Wildman–Crippen MR) is 37.4 cm³/mol. The Morgan fingerprint density at radius 1 is 1.67 bits per heavy atom. The van der Waals surface area contributed by atoms with Gasteiger partial charge in [0, 0.05) is 25.6 Å². The highest BCUT2D eigenvalue weighted by atomic mass is 16.5. The normalized spacial score (nSPS) is 23.3.